The van der Waals surface area contributed by atoms with E-state index < -0.39 is 24.5 Å². The van der Waals surface area contributed by atoms with Crippen LogP contribution in [0.3, 0.4) is 0 Å². The van der Waals surface area contributed by atoms with Gasteiger partial charge in [-0.25, -0.2) is 0 Å². The highest BCUT2D eigenvalue weighted by Gasteiger charge is 2.32. The van der Waals surface area contributed by atoms with E-state index in [1.807, 2.05) is 0 Å². The molecule has 0 bridgehead atoms. The van der Waals surface area contributed by atoms with Gasteiger partial charge in [0.1, 0.15) is 5.75 Å². The molecule has 0 fully saturated rings. The second-order valence-electron chi connectivity index (χ2n) is 3.42. The molecule has 0 aliphatic rings. The Morgan fingerprint density at radius 1 is 1.42 bits per heavy atom. The van der Waals surface area contributed by atoms with Crippen LogP contribution in [0.5, 0.6) is 5.75 Å². The maximum atomic E-state index is 12.2. The maximum absolute atomic E-state index is 12.2. The van der Waals surface area contributed by atoms with Gasteiger partial charge in [0.05, 0.1) is 24.7 Å². The number of carbonyl (C=O) groups is 1. The summed E-state index contributed by atoms with van der Waals surface area (Å²) in [7, 11) is 0. The van der Waals surface area contributed by atoms with Crippen molar-refractivity contribution in [2.24, 2.45) is 0 Å². The minimum absolute atomic E-state index is 0.0604. The zero-order valence-corrected chi connectivity index (χ0v) is 9.95. The fraction of sp³-hybridized carbons (Fsp3) is 0.333. The van der Waals surface area contributed by atoms with E-state index in [-0.39, 0.29) is 17.7 Å². The van der Waals surface area contributed by atoms with Crippen LogP contribution >= 0.6 is 0 Å². The van der Waals surface area contributed by atoms with Gasteiger partial charge in [-0.2, -0.15) is 5.26 Å². The van der Waals surface area contributed by atoms with Crippen molar-refractivity contribution in [1.82, 2.24) is 0 Å². The molecular formula is C12H10F3NO3. The molecule has 0 aliphatic heterocycles. The van der Waals surface area contributed by atoms with Crippen molar-refractivity contribution >= 4 is 5.97 Å². The topological polar surface area (TPSA) is 59.3 Å². The Labute approximate surface area is 107 Å². The molecule has 0 saturated carbocycles. The Morgan fingerprint density at radius 2 is 2.11 bits per heavy atom. The monoisotopic (exact) mass is 273 g/mol. The minimum Gasteiger partial charge on any atom is -0.466 e. The van der Waals surface area contributed by atoms with Gasteiger partial charge in [0.2, 0.25) is 0 Å². The summed E-state index contributed by atoms with van der Waals surface area (Å²) in [5.41, 5.74) is -0.199. The lowest BCUT2D eigenvalue weighted by atomic mass is 10.0. The Morgan fingerprint density at radius 3 is 2.63 bits per heavy atom. The first-order valence-electron chi connectivity index (χ1n) is 5.30. The summed E-state index contributed by atoms with van der Waals surface area (Å²) in [6.45, 7) is 1.67. The number of nitriles is 1. The lowest BCUT2D eigenvalue weighted by Gasteiger charge is -2.13. The number of esters is 1. The SMILES string of the molecule is CCOC(=O)Cc1c(C#N)cccc1OC(F)(F)F. The third kappa shape index (κ3) is 4.50. The highest BCUT2D eigenvalue weighted by Crippen LogP contribution is 2.29. The third-order valence-electron chi connectivity index (χ3n) is 2.11. The molecule has 0 saturated heterocycles. The molecule has 1 aromatic carbocycles. The molecule has 0 amide bonds. The summed E-state index contributed by atoms with van der Waals surface area (Å²) >= 11 is 0. The fourth-order valence-corrected chi connectivity index (χ4v) is 1.43. The normalized spacial score (nSPS) is 10.7. The van der Waals surface area contributed by atoms with Crippen molar-refractivity contribution in [3.05, 3.63) is 29.3 Å². The van der Waals surface area contributed by atoms with Crippen molar-refractivity contribution in [3.63, 3.8) is 0 Å². The predicted molar refractivity (Wildman–Crippen MR) is 58.2 cm³/mol. The highest BCUT2D eigenvalue weighted by atomic mass is 19.4. The molecule has 19 heavy (non-hydrogen) atoms. The molecule has 0 radical (unpaired) electrons. The first kappa shape index (κ1) is 14.8. The van der Waals surface area contributed by atoms with E-state index in [4.69, 9.17) is 5.26 Å². The molecule has 0 aromatic heterocycles. The lowest BCUT2D eigenvalue weighted by Crippen LogP contribution is -2.19. The number of hydrogen-bond donors (Lipinski definition) is 0. The van der Waals surface area contributed by atoms with Gasteiger partial charge in [0.25, 0.3) is 0 Å². The molecular weight excluding hydrogens is 263 g/mol. The molecule has 0 aliphatic carbocycles. The quantitative estimate of drug-likeness (QED) is 0.791. The maximum Gasteiger partial charge on any atom is 0.573 e. The van der Waals surface area contributed by atoms with E-state index in [2.05, 4.69) is 9.47 Å². The van der Waals surface area contributed by atoms with Gasteiger partial charge in [-0.15, -0.1) is 13.2 Å². The van der Waals surface area contributed by atoms with Crippen molar-refractivity contribution in [1.29, 1.82) is 5.26 Å². The number of carbonyl (C=O) groups excluding carboxylic acids is 1. The molecule has 0 spiro atoms. The fourth-order valence-electron chi connectivity index (χ4n) is 1.43. The molecule has 0 unspecified atom stereocenters. The smallest absolute Gasteiger partial charge is 0.466 e. The zero-order valence-electron chi connectivity index (χ0n) is 9.95. The molecule has 1 aromatic rings. The second-order valence-corrected chi connectivity index (χ2v) is 3.42. The Kier molecular flexibility index (Phi) is 4.75. The number of nitrogens with zero attached hydrogens (tertiary/aromatic N) is 1. The van der Waals surface area contributed by atoms with Crippen molar-refractivity contribution in [3.8, 4) is 11.8 Å². The van der Waals surface area contributed by atoms with Crippen LogP contribution in [0, 0.1) is 11.3 Å². The molecule has 0 heterocycles. The van der Waals surface area contributed by atoms with Crippen LogP contribution < -0.4 is 4.74 Å². The van der Waals surface area contributed by atoms with Crippen LogP contribution in [0.1, 0.15) is 18.1 Å². The standard InChI is InChI=1S/C12H10F3NO3/c1-2-18-11(17)6-9-8(7-16)4-3-5-10(9)19-12(13,14)15/h3-5H,2,6H2,1H3. The van der Waals surface area contributed by atoms with Crippen molar-refractivity contribution in [2.45, 2.75) is 19.7 Å². The summed E-state index contributed by atoms with van der Waals surface area (Å²) in [5.74, 6) is -1.29. The Hall–Kier alpha value is -2.23. The average molecular weight is 273 g/mol. The summed E-state index contributed by atoms with van der Waals surface area (Å²) in [5, 5.41) is 8.85. The lowest BCUT2D eigenvalue weighted by molar-refractivity contribution is -0.274. The van der Waals surface area contributed by atoms with Crippen LogP contribution in [0.2, 0.25) is 0 Å². The van der Waals surface area contributed by atoms with Gasteiger partial charge in [0.15, 0.2) is 0 Å². The Bertz CT molecular complexity index is 506. The summed E-state index contributed by atoms with van der Waals surface area (Å²) in [6.07, 6.45) is -5.35. The number of hydrogen-bond acceptors (Lipinski definition) is 4. The van der Waals surface area contributed by atoms with E-state index >= 15 is 0 Å². The van der Waals surface area contributed by atoms with Crippen molar-refractivity contribution in [2.75, 3.05) is 6.61 Å². The summed E-state index contributed by atoms with van der Waals surface area (Å²) < 4.78 is 45.1. The van der Waals surface area contributed by atoms with Gasteiger partial charge >= 0.3 is 12.3 Å². The average Bonchev–Trinajstić information content (AvgIpc) is 2.29. The first-order valence-corrected chi connectivity index (χ1v) is 5.30. The summed E-state index contributed by atoms with van der Waals surface area (Å²) in [6, 6.07) is 5.31. The Balaban J connectivity index is 3.10. The van der Waals surface area contributed by atoms with E-state index in [1.54, 1.807) is 13.0 Å². The predicted octanol–water partition coefficient (Wildman–Crippen LogP) is 2.56. The van der Waals surface area contributed by atoms with Crippen molar-refractivity contribution < 1.29 is 27.4 Å². The van der Waals surface area contributed by atoms with Gasteiger partial charge in [0, 0.05) is 5.56 Å². The molecule has 4 nitrogen and oxygen atoms in total. The number of ether oxygens (including phenoxy) is 2. The minimum atomic E-state index is -4.89. The van der Waals surface area contributed by atoms with Crippen LogP contribution in [-0.2, 0) is 16.0 Å². The van der Waals surface area contributed by atoms with Gasteiger partial charge < -0.3 is 9.47 Å². The van der Waals surface area contributed by atoms with Crippen LogP contribution in [0.25, 0.3) is 0 Å². The zero-order chi connectivity index (χ0) is 14.5. The van der Waals surface area contributed by atoms with E-state index in [9.17, 15) is 18.0 Å². The highest BCUT2D eigenvalue weighted by molar-refractivity contribution is 5.74. The van der Waals surface area contributed by atoms with E-state index in [0.717, 1.165) is 6.07 Å². The third-order valence-corrected chi connectivity index (χ3v) is 2.11. The number of alkyl halides is 3. The van der Waals surface area contributed by atoms with Crippen LogP contribution in [-0.4, -0.2) is 18.9 Å². The van der Waals surface area contributed by atoms with Gasteiger partial charge in [-0.3, -0.25) is 4.79 Å². The van der Waals surface area contributed by atoms with Gasteiger partial charge in [-0.1, -0.05) is 6.07 Å². The molecule has 0 N–H and O–H groups in total. The van der Waals surface area contributed by atoms with E-state index in [0.29, 0.717) is 0 Å². The number of halogens is 3. The van der Waals surface area contributed by atoms with Crippen LogP contribution in [0.15, 0.2) is 18.2 Å². The largest absolute Gasteiger partial charge is 0.573 e. The number of rotatable bonds is 4. The molecule has 0 atom stereocenters. The van der Waals surface area contributed by atoms with Gasteiger partial charge in [-0.05, 0) is 19.1 Å². The van der Waals surface area contributed by atoms with E-state index in [1.165, 1.54) is 12.1 Å². The molecule has 102 valence electrons. The summed E-state index contributed by atoms with van der Waals surface area (Å²) in [4.78, 5) is 11.3. The molecule has 1 rings (SSSR count). The molecule has 7 heteroatoms. The second kappa shape index (κ2) is 6.09. The van der Waals surface area contributed by atoms with Crippen LogP contribution in [0.4, 0.5) is 13.2 Å². The first-order chi connectivity index (χ1) is 8.87. The number of benzene rings is 1.